The van der Waals surface area contributed by atoms with Crippen LogP contribution in [0.5, 0.6) is 5.75 Å². The van der Waals surface area contributed by atoms with E-state index in [9.17, 15) is 0 Å². The van der Waals surface area contributed by atoms with Gasteiger partial charge in [-0.1, -0.05) is 19.1 Å². The molecule has 2 heterocycles. The van der Waals surface area contributed by atoms with E-state index in [4.69, 9.17) is 14.2 Å². The zero-order valence-corrected chi connectivity index (χ0v) is 11.5. The molecule has 2 aliphatic rings. The van der Waals surface area contributed by atoms with Gasteiger partial charge in [-0.15, -0.1) is 0 Å². The fourth-order valence-corrected chi connectivity index (χ4v) is 3.18. The van der Waals surface area contributed by atoms with Crippen LogP contribution >= 0.6 is 0 Å². The van der Waals surface area contributed by atoms with Crippen LogP contribution < -0.4 is 10.1 Å². The molecule has 2 saturated heterocycles. The van der Waals surface area contributed by atoms with Gasteiger partial charge in [0.1, 0.15) is 5.75 Å². The Morgan fingerprint density at radius 3 is 2.84 bits per heavy atom. The Hall–Kier alpha value is -1.10. The monoisotopic (exact) mass is 263 g/mol. The van der Waals surface area contributed by atoms with E-state index in [1.807, 2.05) is 12.1 Å². The number of methoxy groups -OCH3 is 1. The SMILES string of the molecule is COc1cccc([C@H]2NCCC3(OCCO3)[C@@H]2C)c1. The second-order valence-electron chi connectivity index (χ2n) is 5.26. The van der Waals surface area contributed by atoms with Gasteiger partial charge in [-0.05, 0) is 17.7 Å². The molecule has 1 spiro atoms. The Morgan fingerprint density at radius 1 is 1.32 bits per heavy atom. The van der Waals surface area contributed by atoms with Crippen LogP contribution in [0.15, 0.2) is 24.3 Å². The van der Waals surface area contributed by atoms with E-state index >= 15 is 0 Å². The van der Waals surface area contributed by atoms with Crippen LogP contribution in [0.1, 0.15) is 24.9 Å². The summed E-state index contributed by atoms with van der Waals surface area (Å²) < 4.78 is 17.1. The topological polar surface area (TPSA) is 39.7 Å². The first-order valence-electron chi connectivity index (χ1n) is 6.90. The van der Waals surface area contributed by atoms with Crippen LogP contribution in [-0.4, -0.2) is 32.7 Å². The number of rotatable bonds is 2. The van der Waals surface area contributed by atoms with E-state index in [0.29, 0.717) is 13.2 Å². The molecule has 19 heavy (non-hydrogen) atoms. The highest BCUT2D eigenvalue weighted by atomic mass is 16.7. The van der Waals surface area contributed by atoms with E-state index < -0.39 is 5.79 Å². The van der Waals surface area contributed by atoms with Gasteiger partial charge in [-0.2, -0.15) is 0 Å². The fourth-order valence-electron chi connectivity index (χ4n) is 3.18. The lowest BCUT2D eigenvalue weighted by atomic mass is 9.82. The van der Waals surface area contributed by atoms with Gasteiger partial charge in [-0.3, -0.25) is 0 Å². The average molecular weight is 263 g/mol. The minimum Gasteiger partial charge on any atom is -0.497 e. The van der Waals surface area contributed by atoms with Gasteiger partial charge >= 0.3 is 0 Å². The van der Waals surface area contributed by atoms with Crippen LogP contribution in [0.2, 0.25) is 0 Å². The van der Waals surface area contributed by atoms with Crippen LogP contribution in [0, 0.1) is 5.92 Å². The molecular weight excluding hydrogens is 242 g/mol. The summed E-state index contributed by atoms with van der Waals surface area (Å²) in [5, 5.41) is 3.57. The van der Waals surface area contributed by atoms with Crippen molar-refractivity contribution >= 4 is 0 Å². The molecule has 1 aromatic rings. The van der Waals surface area contributed by atoms with Crippen molar-refractivity contribution in [1.82, 2.24) is 5.32 Å². The summed E-state index contributed by atoms with van der Waals surface area (Å²) in [4.78, 5) is 0. The molecule has 0 aromatic heterocycles. The molecule has 0 amide bonds. The van der Waals surface area contributed by atoms with E-state index in [1.54, 1.807) is 7.11 Å². The second kappa shape index (κ2) is 5.12. The summed E-state index contributed by atoms with van der Waals surface area (Å²) in [6, 6.07) is 8.45. The lowest BCUT2D eigenvalue weighted by Crippen LogP contribution is -2.51. The maximum Gasteiger partial charge on any atom is 0.174 e. The largest absolute Gasteiger partial charge is 0.497 e. The Kier molecular flexibility index (Phi) is 3.48. The predicted octanol–water partition coefficient (Wildman–Crippen LogP) is 2.11. The van der Waals surface area contributed by atoms with E-state index in [0.717, 1.165) is 18.7 Å². The maximum atomic E-state index is 5.91. The van der Waals surface area contributed by atoms with E-state index in [1.165, 1.54) is 5.56 Å². The standard InChI is InChI=1S/C15H21NO3/c1-11-14(12-4-3-5-13(10-12)17-2)16-7-6-15(11)18-8-9-19-15/h3-5,10-11,14,16H,6-9H2,1-2H3/t11-,14+/m1/s1. The molecule has 4 heteroatoms. The van der Waals surface area contributed by atoms with Crippen LogP contribution in [0.4, 0.5) is 0 Å². The van der Waals surface area contributed by atoms with Crippen LogP contribution in [-0.2, 0) is 9.47 Å². The molecule has 0 aliphatic carbocycles. The van der Waals surface area contributed by atoms with Crippen molar-refractivity contribution in [3.05, 3.63) is 29.8 Å². The quantitative estimate of drug-likeness (QED) is 0.887. The van der Waals surface area contributed by atoms with Gasteiger partial charge < -0.3 is 19.5 Å². The van der Waals surface area contributed by atoms with Gasteiger partial charge in [0, 0.05) is 24.9 Å². The van der Waals surface area contributed by atoms with Crippen molar-refractivity contribution in [1.29, 1.82) is 0 Å². The van der Waals surface area contributed by atoms with Gasteiger partial charge in [0.15, 0.2) is 5.79 Å². The van der Waals surface area contributed by atoms with Gasteiger partial charge in [0.05, 0.1) is 20.3 Å². The highest BCUT2D eigenvalue weighted by Crippen LogP contribution is 2.42. The molecule has 0 saturated carbocycles. The lowest BCUT2D eigenvalue weighted by molar-refractivity contribution is -0.213. The minimum atomic E-state index is -0.404. The number of hydrogen-bond acceptors (Lipinski definition) is 4. The van der Waals surface area contributed by atoms with Crippen molar-refractivity contribution in [2.45, 2.75) is 25.2 Å². The van der Waals surface area contributed by atoms with Crippen molar-refractivity contribution in [3.8, 4) is 5.75 Å². The highest BCUT2D eigenvalue weighted by Gasteiger charge is 2.48. The third-order valence-electron chi connectivity index (χ3n) is 4.26. The summed E-state index contributed by atoms with van der Waals surface area (Å²) >= 11 is 0. The summed E-state index contributed by atoms with van der Waals surface area (Å²) in [6.07, 6.45) is 0.911. The smallest absolute Gasteiger partial charge is 0.174 e. The Labute approximate surface area is 114 Å². The summed E-state index contributed by atoms with van der Waals surface area (Å²) in [5.41, 5.74) is 1.23. The number of benzene rings is 1. The average Bonchev–Trinajstić information content (AvgIpc) is 2.92. The molecular formula is C15H21NO3. The molecule has 0 bridgehead atoms. The molecule has 3 rings (SSSR count). The molecule has 0 unspecified atom stereocenters. The molecule has 4 nitrogen and oxygen atoms in total. The number of ether oxygens (including phenoxy) is 3. The zero-order valence-electron chi connectivity index (χ0n) is 11.5. The first kappa shape index (κ1) is 12.9. The first-order valence-corrected chi connectivity index (χ1v) is 6.90. The van der Waals surface area contributed by atoms with Crippen LogP contribution in [0.25, 0.3) is 0 Å². The van der Waals surface area contributed by atoms with E-state index in [2.05, 4.69) is 24.4 Å². The van der Waals surface area contributed by atoms with Crippen molar-refractivity contribution < 1.29 is 14.2 Å². The normalized spacial score (nSPS) is 29.6. The first-order chi connectivity index (χ1) is 9.25. The number of nitrogens with one attached hydrogen (secondary N) is 1. The van der Waals surface area contributed by atoms with Gasteiger partial charge in [-0.25, -0.2) is 0 Å². The minimum absolute atomic E-state index is 0.238. The highest BCUT2D eigenvalue weighted by molar-refractivity contribution is 5.31. The predicted molar refractivity (Wildman–Crippen MR) is 72.2 cm³/mol. The number of piperidine rings is 1. The molecule has 0 radical (unpaired) electrons. The fraction of sp³-hybridized carbons (Fsp3) is 0.600. The molecule has 1 aromatic carbocycles. The summed E-state index contributed by atoms with van der Waals surface area (Å²) in [7, 11) is 1.70. The zero-order chi connectivity index (χ0) is 13.3. The summed E-state index contributed by atoms with van der Waals surface area (Å²) in [6.45, 7) is 4.51. The van der Waals surface area contributed by atoms with Crippen molar-refractivity contribution in [3.63, 3.8) is 0 Å². The Balaban J connectivity index is 1.87. The van der Waals surface area contributed by atoms with Gasteiger partial charge in [0.25, 0.3) is 0 Å². The molecule has 2 fully saturated rings. The number of hydrogen-bond donors (Lipinski definition) is 1. The van der Waals surface area contributed by atoms with Crippen LogP contribution in [0.3, 0.4) is 0 Å². The third kappa shape index (κ3) is 2.24. The molecule has 2 aliphatic heterocycles. The lowest BCUT2D eigenvalue weighted by Gasteiger charge is -2.43. The molecule has 1 N–H and O–H groups in total. The Morgan fingerprint density at radius 2 is 2.11 bits per heavy atom. The third-order valence-corrected chi connectivity index (χ3v) is 4.26. The second-order valence-corrected chi connectivity index (χ2v) is 5.26. The van der Waals surface area contributed by atoms with Crippen molar-refractivity contribution in [2.75, 3.05) is 26.9 Å². The van der Waals surface area contributed by atoms with Gasteiger partial charge in [0.2, 0.25) is 0 Å². The molecule has 2 atom stereocenters. The Bertz CT molecular complexity index is 443. The van der Waals surface area contributed by atoms with E-state index in [-0.39, 0.29) is 12.0 Å². The van der Waals surface area contributed by atoms with Crippen molar-refractivity contribution in [2.24, 2.45) is 5.92 Å². The maximum absolute atomic E-state index is 5.91. The summed E-state index contributed by atoms with van der Waals surface area (Å²) in [5.74, 6) is 0.758. The molecule has 104 valence electrons.